The highest BCUT2D eigenvalue weighted by atomic mass is 35.5. The van der Waals surface area contributed by atoms with Gasteiger partial charge in [0.1, 0.15) is 17.3 Å². The summed E-state index contributed by atoms with van der Waals surface area (Å²) in [4.78, 5) is 13.8. The van der Waals surface area contributed by atoms with Crippen LogP contribution in [0, 0.1) is 10.1 Å². The van der Waals surface area contributed by atoms with Gasteiger partial charge in [0.05, 0.1) is 4.92 Å². The summed E-state index contributed by atoms with van der Waals surface area (Å²) in [6.07, 6.45) is 3.14. The molecule has 0 amide bonds. The second-order valence-corrected chi connectivity index (χ2v) is 4.23. The van der Waals surface area contributed by atoms with Crippen molar-refractivity contribution in [2.45, 2.75) is 18.9 Å². The third-order valence-corrected chi connectivity index (χ3v) is 2.80. The summed E-state index contributed by atoms with van der Waals surface area (Å²) in [7, 11) is 0. The first-order valence-corrected chi connectivity index (χ1v) is 5.72. The van der Waals surface area contributed by atoms with Crippen LogP contribution in [0.1, 0.15) is 12.8 Å². The van der Waals surface area contributed by atoms with Crippen LogP contribution in [0.25, 0.3) is 0 Å². The number of rotatable bonds is 3. The van der Waals surface area contributed by atoms with Gasteiger partial charge in [-0.1, -0.05) is 11.6 Å². The number of aromatic nitrogens is 1. The maximum absolute atomic E-state index is 10.5. The number of ether oxygens (including phenoxy) is 1. The lowest BCUT2D eigenvalue weighted by atomic mass is 10.1. The molecule has 0 aromatic carbocycles. The summed E-state index contributed by atoms with van der Waals surface area (Å²) >= 11 is 5.88. The first-order chi connectivity index (χ1) is 8.16. The summed E-state index contributed by atoms with van der Waals surface area (Å²) in [5, 5.41) is 13.9. The van der Waals surface area contributed by atoms with Crippen molar-refractivity contribution in [3.8, 4) is 5.88 Å². The zero-order chi connectivity index (χ0) is 12.3. The van der Waals surface area contributed by atoms with Gasteiger partial charge in [-0.05, 0) is 19.4 Å². The van der Waals surface area contributed by atoms with Gasteiger partial charge in [-0.25, -0.2) is 4.98 Å². The number of halogens is 1. The lowest BCUT2D eigenvalue weighted by molar-refractivity contribution is -0.385. The van der Waals surface area contributed by atoms with Crippen molar-refractivity contribution in [3.63, 3.8) is 0 Å². The minimum atomic E-state index is -0.537. The molecule has 1 aliphatic heterocycles. The van der Waals surface area contributed by atoms with Crippen molar-refractivity contribution < 1.29 is 9.66 Å². The molecule has 2 rings (SSSR count). The molecule has 1 fully saturated rings. The van der Waals surface area contributed by atoms with Gasteiger partial charge >= 0.3 is 0 Å². The third-order valence-electron chi connectivity index (χ3n) is 2.53. The Kier molecular flexibility index (Phi) is 3.75. The van der Waals surface area contributed by atoms with Crippen molar-refractivity contribution in [3.05, 3.63) is 27.4 Å². The Morgan fingerprint density at radius 3 is 3.06 bits per heavy atom. The monoisotopic (exact) mass is 257 g/mol. The minimum absolute atomic E-state index is 0.0233. The number of nitrogens with zero attached hydrogens (tertiary/aromatic N) is 2. The van der Waals surface area contributed by atoms with E-state index in [0.717, 1.165) is 32.1 Å². The van der Waals surface area contributed by atoms with Crippen LogP contribution in [-0.2, 0) is 0 Å². The van der Waals surface area contributed by atoms with Crippen LogP contribution >= 0.6 is 11.6 Å². The molecular weight excluding hydrogens is 246 g/mol. The largest absolute Gasteiger partial charge is 0.472 e. The van der Waals surface area contributed by atoms with Gasteiger partial charge in [0.2, 0.25) is 5.88 Å². The smallest absolute Gasteiger partial charge is 0.289 e. The first-order valence-electron chi connectivity index (χ1n) is 5.34. The van der Waals surface area contributed by atoms with E-state index < -0.39 is 4.92 Å². The molecule has 0 radical (unpaired) electrons. The van der Waals surface area contributed by atoms with Crippen LogP contribution in [0.2, 0.25) is 5.02 Å². The molecule has 2 heterocycles. The minimum Gasteiger partial charge on any atom is -0.472 e. The molecule has 1 unspecified atom stereocenters. The molecule has 1 aliphatic rings. The Balaban J connectivity index is 2.08. The van der Waals surface area contributed by atoms with Crippen molar-refractivity contribution in [1.29, 1.82) is 0 Å². The van der Waals surface area contributed by atoms with E-state index >= 15 is 0 Å². The lowest BCUT2D eigenvalue weighted by Crippen LogP contribution is -2.37. The molecule has 1 aromatic heterocycles. The fraction of sp³-hybridized carbons (Fsp3) is 0.500. The predicted octanol–water partition coefficient (Wildman–Crippen LogP) is 1.77. The molecule has 1 saturated heterocycles. The van der Waals surface area contributed by atoms with E-state index in [1.54, 1.807) is 0 Å². The summed E-state index contributed by atoms with van der Waals surface area (Å²) in [5.41, 5.74) is -0.135. The van der Waals surface area contributed by atoms with Gasteiger partial charge in [0.15, 0.2) is 0 Å². The summed E-state index contributed by atoms with van der Waals surface area (Å²) in [6, 6.07) is 1.25. The van der Waals surface area contributed by atoms with Crippen molar-refractivity contribution >= 4 is 17.3 Å². The molecule has 1 aromatic rings. The van der Waals surface area contributed by atoms with Crippen LogP contribution in [0.4, 0.5) is 5.69 Å². The van der Waals surface area contributed by atoms with Crippen molar-refractivity contribution in [1.82, 2.24) is 10.3 Å². The first kappa shape index (κ1) is 12.1. The molecule has 1 N–H and O–H groups in total. The van der Waals surface area contributed by atoms with Gasteiger partial charge in [-0.3, -0.25) is 10.1 Å². The number of nitro groups is 1. The summed E-state index contributed by atoms with van der Waals surface area (Å²) in [5.74, 6) is 0.256. The van der Waals surface area contributed by atoms with E-state index in [-0.39, 0.29) is 22.7 Å². The lowest BCUT2D eigenvalue weighted by Gasteiger charge is -2.23. The van der Waals surface area contributed by atoms with Gasteiger partial charge in [0.25, 0.3) is 5.69 Å². The van der Waals surface area contributed by atoms with Crippen LogP contribution in [0.15, 0.2) is 12.3 Å². The maximum atomic E-state index is 10.5. The zero-order valence-corrected chi connectivity index (χ0v) is 9.81. The van der Waals surface area contributed by atoms with E-state index in [4.69, 9.17) is 16.3 Å². The molecule has 0 spiro atoms. The molecule has 17 heavy (non-hydrogen) atoms. The number of pyridine rings is 1. The molecular formula is C10H12ClN3O3. The van der Waals surface area contributed by atoms with E-state index in [0.29, 0.717) is 0 Å². The molecule has 6 nitrogen and oxygen atoms in total. The molecule has 0 aliphatic carbocycles. The number of nitrogens with one attached hydrogen (secondary N) is 1. The SMILES string of the molecule is O=[N+]([O-])c1cnc(OC2CCCNC2)c(Cl)c1. The van der Waals surface area contributed by atoms with E-state index in [1.165, 1.54) is 6.07 Å². The fourth-order valence-electron chi connectivity index (χ4n) is 1.68. The van der Waals surface area contributed by atoms with E-state index in [9.17, 15) is 10.1 Å². The fourth-order valence-corrected chi connectivity index (χ4v) is 1.89. The predicted molar refractivity (Wildman–Crippen MR) is 62.4 cm³/mol. The normalized spacial score (nSPS) is 19.9. The van der Waals surface area contributed by atoms with Gasteiger partial charge in [-0.2, -0.15) is 0 Å². The Labute approximate surface area is 103 Å². The topological polar surface area (TPSA) is 77.3 Å². The highest BCUT2D eigenvalue weighted by molar-refractivity contribution is 6.32. The van der Waals surface area contributed by atoms with Crippen LogP contribution in [0.5, 0.6) is 5.88 Å². The Morgan fingerprint density at radius 1 is 1.65 bits per heavy atom. The number of hydrogen-bond donors (Lipinski definition) is 1. The quantitative estimate of drug-likeness (QED) is 0.660. The van der Waals surface area contributed by atoms with E-state index in [2.05, 4.69) is 10.3 Å². The second kappa shape index (κ2) is 5.29. The summed E-state index contributed by atoms with van der Waals surface area (Å²) in [6.45, 7) is 1.73. The van der Waals surface area contributed by atoms with Crippen molar-refractivity contribution in [2.24, 2.45) is 0 Å². The van der Waals surface area contributed by atoms with Gasteiger partial charge < -0.3 is 10.1 Å². The molecule has 92 valence electrons. The Morgan fingerprint density at radius 2 is 2.47 bits per heavy atom. The maximum Gasteiger partial charge on any atom is 0.289 e. The van der Waals surface area contributed by atoms with Crippen LogP contribution < -0.4 is 10.1 Å². The standard InChI is InChI=1S/C10H12ClN3O3/c11-9-4-7(14(15)16)5-13-10(9)17-8-2-1-3-12-6-8/h4-5,8,12H,1-3,6H2. The van der Waals surface area contributed by atoms with Crippen LogP contribution in [-0.4, -0.2) is 29.1 Å². The average Bonchev–Trinajstić information content (AvgIpc) is 2.33. The molecule has 0 saturated carbocycles. The highest BCUT2D eigenvalue weighted by Gasteiger charge is 2.18. The second-order valence-electron chi connectivity index (χ2n) is 3.82. The number of hydrogen-bond acceptors (Lipinski definition) is 5. The highest BCUT2D eigenvalue weighted by Crippen LogP contribution is 2.27. The van der Waals surface area contributed by atoms with Gasteiger partial charge in [0, 0.05) is 12.6 Å². The average molecular weight is 258 g/mol. The third kappa shape index (κ3) is 3.04. The molecule has 7 heteroatoms. The van der Waals surface area contributed by atoms with E-state index in [1.807, 2.05) is 0 Å². The molecule has 0 bridgehead atoms. The summed E-state index contributed by atoms with van der Waals surface area (Å²) < 4.78 is 5.59. The Hall–Kier alpha value is -1.40. The molecule has 1 atom stereocenters. The van der Waals surface area contributed by atoms with Crippen molar-refractivity contribution in [2.75, 3.05) is 13.1 Å². The van der Waals surface area contributed by atoms with Gasteiger partial charge in [-0.15, -0.1) is 0 Å². The van der Waals surface area contributed by atoms with Crippen LogP contribution in [0.3, 0.4) is 0 Å². The Bertz CT molecular complexity index is 421. The number of piperidine rings is 1. The zero-order valence-electron chi connectivity index (χ0n) is 9.06.